The SMILES string of the molecule is CCCCCCCCCCCCNC(CCCCCCCCC(C)O)N1CN(C)c2c1n(C)c(=O)[nH]c2=O. The van der Waals surface area contributed by atoms with Crippen LogP contribution in [0.25, 0.3) is 0 Å². The minimum Gasteiger partial charge on any atom is -0.393 e. The summed E-state index contributed by atoms with van der Waals surface area (Å²) >= 11 is 0. The smallest absolute Gasteiger partial charge is 0.329 e. The fraction of sp³-hybridized carbons (Fsp3) is 0.867. The number of aromatic nitrogens is 2. The van der Waals surface area contributed by atoms with E-state index in [1.165, 1.54) is 83.5 Å². The second-order valence-corrected chi connectivity index (χ2v) is 11.5. The van der Waals surface area contributed by atoms with Crippen LogP contribution in [-0.2, 0) is 7.05 Å². The van der Waals surface area contributed by atoms with Crippen LogP contribution in [-0.4, -0.2) is 47.2 Å². The molecule has 220 valence electrons. The number of aliphatic hydroxyl groups excluding tert-OH is 1. The van der Waals surface area contributed by atoms with Crippen LogP contribution in [0.4, 0.5) is 11.5 Å². The number of anilines is 2. The summed E-state index contributed by atoms with van der Waals surface area (Å²) in [7, 11) is 3.67. The van der Waals surface area contributed by atoms with Gasteiger partial charge in [0.05, 0.1) is 18.9 Å². The topological polar surface area (TPSA) is 93.6 Å². The molecule has 0 fully saturated rings. The lowest BCUT2D eigenvalue weighted by Crippen LogP contribution is -2.48. The minimum atomic E-state index is -0.361. The van der Waals surface area contributed by atoms with Crippen molar-refractivity contribution in [1.82, 2.24) is 14.9 Å². The van der Waals surface area contributed by atoms with Gasteiger partial charge in [-0.25, -0.2) is 4.79 Å². The molecule has 8 nitrogen and oxygen atoms in total. The van der Waals surface area contributed by atoms with Gasteiger partial charge in [-0.15, -0.1) is 0 Å². The molecule has 0 aliphatic carbocycles. The van der Waals surface area contributed by atoms with E-state index in [0.717, 1.165) is 44.5 Å². The van der Waals surface area contributed by atoms with Gasteiger partial charge in [-0.2, -0.15) is 0 Å². The molecular formula is C30H57N5O3. The van der Waals surface area contributed by atoms with Gasteiger partial charge >= 0.3 is 5.69 Å². The zero-order valence-corrected chi connectivity index (χ0v) is 24.9. The lowest BCUT2D eigenvalue weighted by Gasteiger charge is -2.31. The summed E-state index contributed by atoms with van der Waals surface area (Å²) in [5, 5.41) is 13.2. The lowest BCUT2D eigenvalue weighted by atomic mass is 10.1. The highest BCUT2D eigenvalue weighted by atomic mass is 16.3. The Hall–Kier alpha value is -1.80. The average Bonchev–Trinajstić information content (AvgIpc) is 3.23. The first kappa shape index (κ1) is 32.4. The maximum absolute atomic E-state index is 12.6. The number of aromatic amines is 1. The fourth-order valence-corrected chi connectivity index (χ4v) is 5.62. The molecule has 2 rings (SSSR count). The number of rotatable bonds is 22. The number of fused-ring (bicyclic) bond motifs is 1. The second kappa shape index (κ2) is 18.5. The van der Waals surface area contributed by atoms with Crippen molar-refractivity contribution >= 4 is 11.5 Å². The first-order chi connectivity index (χ1) is 18.4. The van der Waals surface area contributed by atoms with E-state index in [1.54, 1.807) is 11.6 Å². The van der Waals surface area contributed by atoms with Crippen LogP contribution in [0.2, 0.25) is 0 Å². The van der Waals surface area contributed by atoms with Gasteiger partial charge in [0.25, 0.3) is 5.56 Å². The molecule has 2 unspecified atom stereocenters. The Kier molecular flexibility index (Phi) is 15.8. The Bertz CT molecular complexity index is 882. The molecule has 0 spiro atoms. The third-order valence-electron chi connectivity index (χ3n) is 7.92. The van der Waals surface area contributed by atoms with E-state index >= 15 is 0 Å². The van der Waals surface area contributed by atoms with Gasteiger partial charge in [0, 0.05) is 14.1 Å². The molecule has 0 bridgehead atoms. The molecule has 1 aliphatic rings. The molecule has 0 saturated heterocycles. The highest BCUT2D eigenvalue weighted by Gasteiger charge is 2.33. The van der Waals surface area contributed by atoms with Crippen molar-refractivity contribution in [2.75, 3.05) is 30.1 Å². The average molecular weight is 536 g/mol. The van der Waals surface area contributed by atoms with E-state index in [9.17, 15) is 14.7 Å². The Labute approximate surface area is 231 Å². The lowest BCUT2D eigenvalue weighted by molar-refractivity contribution is 0.180. The maximum atomic E-state index is 12.6. The number of aliphatic hydroxyl groups is 1. The van der Waals surface area contributed by atoms with Gasteiger partial charge in [0.15, 0.2) is 0 Å². The quantitative estimate of drug-likeness (QED) is 0.167. The van der Waals surface area contributed by atoms with Crippen molar-refractivity contribution in [1.29, 1.82) is 0 Å². The zero-order chi connectivity index (χ0) is 27.8. The third-order valence-corrected chi connectivity index (χ3v) is 7.92. The number of nitrogens with zero attached hydrogens (tertiary/aromatic N) is 3. The second-order valence-electron chi connectivity index (χ2n) is 11.5. The molecular weight excluding hydrogens is 478 g/mol. The van der Waals surface area contributed by atoms with Crippen LogP contribution >= 0.6 is 0 Å². The summed E-state index contributed by atoms with van der Waals surface area (Å²) in [5.41, 5.74) is -0.0885. The summed E-state index contributed by atoms with van der Waals surface area (Å²) < 4.78 is 1.58. The summed E-state index contributed by atoms with van der Waals surface area (Å²) in [6, 6.07) is 0. The predicted molar refractivity (Wildman–Crippen MR) is 160 cm³/mol. The molecule has 2 heterocycles. The molecule has 0 radical (unpaired) electrons. The van der Waals surface area contributed by atoms with Crippen molar-refractivity contribution in [3.8, 4) is 0 Å². The Morgan fingerprint density at radius 1 is 0.816 bits per heavy atom. The van der Waals surface area contributed by atoms with Crippen molar-refractivity contribution < 1.29 is 5.11 Å². The Balaban J connectivity index is 1.84. The van der Waals surface area contributed by atoms with Crippen LogP contribution in [0.5, 0.6) is 0 Å². The molecule has 38 heavy (non-hydrogen) atoms. The van der Waals surface area contributed by atoms with Gasteiger partial charge in [-0.1, -0.05) is 103 Å². The third kappa shape index (κ3) is 11.1. The molecule has 1 aliphatic heterocycles. The molecule has 0 saturated carbocycles. The number of unbranched alkanes of at least 4 members (excludes halogenated alkanes) is 14. The van der Waals surface area contributed by atoms with Crippen LogP contribution < -0.4 is 26.4 Å². The first-order valence-corrected chi connectivity index (χ1v) is 15.6. The van der Waals surface area contributed by atoms with Crippen LogP contribution in [0.1, 0.15) is 129 Å². The monoisotopic (exact) mass is 535 g/mol. The summed E-state index contributed by atoms with van der Waals surface area (Å²) in [6.45, 7) is 5.68. The molecule has 1 aromatic rings. The zero-order valence-electron chi connectivity index (χ0n) is 24.9. The number of nitrogens with one attached hydrogen (secondary N) is 2. The van der Waals surface area contributed by atoms with Gasteiger partial charge in [0.1, 0.15) is 11.5 Å². The van der Waals surface area contributed by atoms with E-state index in [1.807, 2.05) is 18.9 Å². The van der Waals surface area contributed by atoms with Gasteiger partial charge < -0.3 is 14.9 Å². The molecule has 1 aromatic heterocycles. The van der Waals surface area contributed by atoms with E-state index < -0.39 is 0 Å². The van der Waals surface area contributed by atoms with E-state index in [2.05, 4.69) is 22.1 Å². The van der Waals surface area contributed by atoms with Gasteiger partial charge in [-0.05, 0) is 32.7 Å². The van der Waals surface area contributed by atoms with Crippen LogP contribution in [0.15, 0.2) is 9.59 Å². The van der Waals surface area contributed by atoms with Crippen LogP contribution in [0.3, 0.4) is 0 Å². The minimum absolute atomic E-state index is 0.0971. The predicted octanol–water partition coefficient (Wildman–Crippen LogP) is 5.63. The van der Waals surface area contributed by atoms with E-state index in [4.69, 9.17) is 0 Å². The highest BCUT2D eigenvalue weighted by Crippen LogP contribution is 2.32. The van der Waals surface area contributed by atoms with Gasteiger partial charge in [0.2, 0.25) is 0 Å². The highest BCUT2D eigenvalue weighted by molar-refractivity contribution is 5.71. The van der Waals surface area contributed by atoms with E-state index in [-0.39, 0.29) is 23.5 Å². The van der Waals surface area contributed by atoms with Gasteiger partial charge in [-0.3, -0.25) is 19.7 Å². The summed E-state index contributed by atoms with van der Waals surface area (Å²) in [5.74, 6) is 0.722. The molecule has 8 heteroatoms. The van der Waals surface area contributed by atoms with E-state index in [0.29, 0.717) is 12.4 Å². The molecule has 0 aromatic carbocycles. The molecule has 3 N–H and O–H groups in total. The standard InChI is InChI=1S/C30H57N5O3/c1-5-6-7-8-9-10-11-14-17-20-23-31-26(22-19-16-13-12-15-18-21-25(2)36)35-24-33(3)27-28(37)32-30(38)34(4)29(27)35/h25-26,31,36H,5-24H2,1-4H3,(H,32,37,38). The largest absolute Gasteiger partial charge is 0.393 e. The number of hydrogen-bond donors (Lipinski definition) is 3. The summed E-state index contributed by atoms with van der Waals surface area (Å²) in [4.78, 5) is 31.6. The Morgan fingerprint density at radius 3 is 1.92 bits per heavy atom. The molecule has 0 amide bonds. The molecule has 2 atom stereocenters. The Morgan fingerprint density at radius 2 is 1.34 bits per heavy atom. The van der Waals surface area contributed by atoms with Crippen molar-refractivity contribution in [2.45, 2.75) is 142 Å². The fourth-order valence-electron chi connectivity index (χ4n) is 5.62. The number of H-pyrrole nitrogens is 1. The first-order valence-electron chi connectivity index (χ1n) is 15.6. The van der Waals surface area contributed by atoms with Crippen molar-refractivity contribution in [3.05, 3.63) is 20.8 Å². The van der Waals surface area contributed by atoms with Crippen molar-refractivity contribution in [3.63, 3.8) is 0 Å². The van der Waals surface area contributed by atoms with Crippen LogP contribution in [0, 0.1) is 0 Å². The maximum Gasteiger partial charge on any atom is 0.329 e. The normalized spacial score (nSPS) is 14.8. The summed E-state index contributed by atoms with van der Waals surface area (Å²) in [6.07, 6.45) is 22.0. The van der Waals surface area contributed by atoms with Crippen molar-refractivity contribution in [2.24, 2.45) is 7.05 Å². The number of hydrogen-bond acceptors (Lipinski definition) is 6.